The fourth-order valence-electron chi connectivity index (χ4n) is 4.86. The van der Waals surface area contributed by atoms with Crippen LogP contribution in [0.25, 0.3) is 10.9 Å². The number of anilines is 2. The van der Waals surface area contributed by atoms with Gasteiger partial charge in [-0.2, -0.15) is 4.31 Å². The van der Waals surface area contributed by atoms with Crippen molar-refractivity contribution in [2.24, 2.45) is 0 Å². The molecule has 32 heavy (non-hydrogen) atoms. The number of piperazine rings is 1. The molecule has 0 unspecified atom stereocenters. The summed E-state index contributed by atoms with van der Waals surface area (Å²) in [6.45, 7) is 8.36. The molecule has 2 fully saturated rings. The van der Waals surface area contributed by atoms with Crippen LogP contribution in [-0.2, 0) is 10.0 Å². The van der Waals surface area contributed by atoms with Crippen LogP contribution >= 0.6 is 0 Å². The van der Waals surface area contributed by atoms with Crippen molar-refractivity contribution < 1.29 is 8.42 Å². The zero-order chi connectivity index (χ0) is 22.3. The van der Waals surface area contributed by atoms with Gasteiger partial charge in [0.05, 0.1) is 10.4 Å². The van der Waals surface area contributed by atoms with E-state index in [4.69, 9.17) is 4.98 Å². The van der Waals surface area contributed by atoms with Gasteiger partial charge in [0.15, 0.2) is 0 Å². The number of aryl methyl sites for hydroxylation is 1. The lowest BCUT2D eigenvalue weighted by Gasteiger charge is -2.42. The number of pyridine rings is 1. The number of rotatable bonds is 4. The second-order valence-corrected chi connectivity index (χ2v) is 10.9. The van der Waals surface area contributed by atoms with Gasteiger partial charge in [-0.1, -0.05) is 12.1 Å². The topological polar surface area (TPSA) is 56.8 Å². The number of fused-ring (bicyclic) bond motifs is 1. The van der Waals surface area contributed by atoms with Gasteiger partial charge in [-0.3, -0.25) is 0 Å². The van der Waals surface area contributed by atoms with Gasteiger partial charge >= 0.3 is 0 Å². The van der Waals surface area contributed by atoms with Crippen molar-refractivity contribution >= 4 is 32.4 Å². The monoisotopic (exact) mass is 450 g/mol. The van der Waals surface area contributed by atoms with Crippen LogP contribution in [0.3, 0.4) is 0 Å². The average Bonchev–Trinajstić information content (AvgIpc) is 3.34. The molecule has 168 valence electrons. The number of sulfonamides is 1. The van der Waals surface area contributed by atoms with Crippen molar-refractivity contribution in [1.82, 2.24) is 9.29 Å². The summed E-state index contributed by atoms with van der Waals surface area (Å²) in [5.74, 6) is 0.948. The lowest BCUT2D eigenvalue weighted by Crippen LogP contribution is -2.52. The average molecular weight is 451 g/mol. The van der Waals surface area contributed by atoms with E-state index in [1.165, 1.54) is 11.3 Å². The Morgan fingerprint density at radius 3 is 2.50 bits per heavy atom. The van der Waals surface area contributed by atoms with Gasteiger partial charge in [0.25, 0.3) is 0 Å². The second kappa shape index (κ2) is 8.37. The predicted molar refractivity (Wildman–Crippen MR) is 130 cm³/mol. The van der Waals surface area contributed by atoms with Crippen LogP contribution < -0.4 is 9.80 Å². The molecule has 3 heterocycles. The highest BCUT2D eigenvalue weighted by Crippen LogP contribution is 2.27. The molecule has 2 aliphatic rings. The highest BCUT2D eigenvalue weighted by molar-refractivity contribution is 7.89. The van der Waals surface area contributed by atoms with Gasteiger partial charge in [-0.25, -0.2) is 13.4 Å². The first-order valence-electron chi connectivity index (χ1n) is 11.4. The van der Waals surface area contributed by atoms with Crippen molar-refractivity contribution in [1.29, 1.82) is 0 Å². The first-order chi connectivity index (χ1) is 15.4. The maximum absolute atomic E-state index is 12.9. The van der Waals surface area contributed by atoms with Crippen molar-refractivity contribution in [3.63, 3.8) is 0 Å². The van der Waals surface area contributed by atoms with E-state index >= 15 is 0 Å². The molecule has 2 aliphatic heterocycles. The summed E-state index contributed by atoms with van der Waals surface area (Å²) in [7, 11) is -3.41. The standard InChI is InChI=1S/C25H30N4O2S/c1-19-6-5-7-22(16-19)29-15-14-27(18-20(29)2)25-11-8-21-17-23(9-10-24(21)26-25)32(30,31)28-12-3-4-13-28/h5-11,16-17,20H,3-4,12-15,18H2,1-2H3/t20-/m0/s1. The number of aromatic nitrogens is 1. The molecule has 2 saturated heterocycles. The van der Waals surface area contributed by atoms with Crippen LogP contribution in [-0.4, -0.2) is 56.5 Å². The van der Waals surface area contributed by atoms with E-state index < -0.39 is 10.0 Å². The van der Waals surface area contributed by atoms with Crippen LogP contribution in [0.4, 0.5) is 11.5 Å². The molecule has 6 nitrogen and oxygen atoms in total. The number of hydrogen-bond donors (Lipinski definition) is 0. The van der Waals surface area contributed by atoms with E-state index in [2.05, 4.69) is 47.9 Å². The molecule has 0 aliphatic carbocycles. The molecule has 0 spiro atoms. The Kier molecular flexibility index (Phi) is 5.55. The maximum atomic E-state index is 12.9. The lowest BCUT2D eigenvalue weighted by atomic mass is 10.1. The Labute approximate surface area is 190 Å². The molecule has 1 aromatic heterocycles. The third kappa shape index (κ3) is 3.95. The van der Waals surface area contributed by atoms with Crippen molar-refractivity contribution in [3.05, 3.63) is 60.2 Å². The van der Waals surface area contributed by atoms with Crippen LogP contribution in [0, 0.1) is 6.92 Å². The molecule has 0 N–H and O–H groups in total. The van der Waals surface area contributed by atoms with Crippen LogP contribution in [0.5, 0.6) is 0 Å². The fourth-order valence-corrected chi connectivity index (χ4v) is 6.42. The minimum absolute atomic E-state index is 0.363. The number of hydrogen-bond acceptors (Lipinski definition) is 5. The van der Waals surface area contributed by atoms with Gasteiger partial charge in [0.2, 0.25) is 10.0 Å². The Bertz CT molecular complexity index is 1240. The zero-order valence-corrected chi connectivity index (χ0v) is 19.6. The molecule has 1 atom stereocenters. The Morgan fingerprint density at radius 1 is 0.938 bits per heavy atom. The van der Waals surface area contributed by atoms with Gasteiger partial charge in [-0.15, -0.1) is 0 Å². The Balaban J connectivity index is 1.35. The smallest absolute Gasteiger partial charge is 0.243 e. The maximum Gasteiger partial charge on any atom is 0.243 e. The van der Waals surface area contributed by atoms with E-state index in [-0.39, 0.29) is 0 Å². The first kappa shape index (κ1) is 21.2. The summed E-state index contributed by atoms with van der Waals surface area (Å²) < 4.78 is 27.4. The summed E-state index contributed by atoms with van der Waals surface area (Å²) in [4.78, 5) is 10.0. The SMILES string of the molecule is Cc1cccc(N2CCN(c3ccc4cc(S(=O)(=O)N5CCCC5)ccc4n3)C[C@@H]2C)c1. The normalized spacial score (nSPS) is 20.2. The highest BCUT2D eigenvalue weighted by atomic mass is 32.2. The predicted octanol–water partition coefficient (Wildman–Crippen LogP) is 4.04. The summed E-state index contributed by atoms with van der Waals surface area (Å²) in [6, 6.07) is 18.4. The largest absolute Gasteiger partial charge is 0.365 e. The Hall–Kier alpha value is -2.64. The molecule has 0 saturated carbocycles. The Morgan fingerprint density at radius 2 is 1.75 bits per heavy atom. The van der Waals surface area contributed by atoms with E-state index in [1.807, 2.05) is 18.2 Å². The molecule has 5 rings (SSSR count). The summed E-state index contributed by atoms with van der Waals surface area (Å²) >= 11 is 0. The number of benzene rings is 2. The van der Waals surface area contributed by atoms with Crippen LogP contribution in [0.15, 0.2) is 59.5 Å². The summed E-state index contributed by atoms with van der Waals surface area (Å²) in [5.41, 5.74) is 3.38. The molecule has 2 aromatic carbocycles. The molecule has 0 bridgehead atoms. The molecule has 7 heteroatoms. The van der Waals surface area contributed by atoms with Crippen molar-refractivity contribution in [2.75, 3.05) is 42.5 Å². The van der Waals surface area contributed by atoms with Gasteiger partial charge in [0.1, 0.15) is 5.82 Å². The van der Waals surface area contributed by atoms with E-state index in [0.717, 1.165) is 49.2 Å². The van der Waals surface area contributed by atoms with Crippen molar-refractivity contribution in [2.45, 2.75) is 37.6 Å². The van der Waals surface area contributed by atoms with E-state index in [0.29, 0.717) is 24.0 Å². The highest BCUT2D eigenvalue weighted by Gasteiger charge is 2.28. The van der Waals surface area contributed by atoms with E-state index in [9.17, 15) is 8.42 Å². The van der Waals surface area contributed by atoms with Crippen LogP contribution in [0.1, 0.15) is 25.3 Å². The molecule has 3 aromatic rings. The van der Waals surface area contributed by atoms with Crippen LogP contribution in [0.2, 0.25) is 0 Å². The third-order valence-corrected chi connectivity index (χ3v) is 8.53. The molecule has 0 amide bonds. The van der Waals surface area contributed by atoms with Gasteiger partial charge in [-0.05, 0) is 74.7 Å². The second-order valence-electron chi connectivity index (χ2n) is 8.96. The van der Waals surface area contributed by atoms with Gasteiger partial charge < -0.3 is 9.80 Å². The minimum atomic E-state index is -3.41. The molecular formula is C25H30N4O2S. The zero-order valence-electron chi connectivity index (χ0n) is 18.7. The molecule has 0 radical (unpaired) electrons. The summed E-state index contributed by atoms with van der Waals surface area (Å²) in [6.07, 6.45) is 1.88. The fraction of sp³-hybridized carbons (Fsp3) is 0.400. The minimum Gasteiger partial charge on any atom is -0.365 e. The number of nitrogens with zero attached hydrogens (tertiary/aromatic N) is 4. The quantitative estimate of drug-likeness (QED) is 0.600. The lowest BCUT2D eigenvalue weighted by molar-refractivity contribution is 0.477. The van der Waals surface area contributed by atoms with Gasteiger partial charge in [0, 0.05) is 49.8 Å². The van der Waals surface area contributed by atoms with Crippen molar-refractivity contribution in [3.8, 4) is 0 Å². The first-order valence-corrected chi connectivity index (χ1v) is 12.8. The third-order valence-electron chi connectivity index (χ3n) is 6.63. The summed E-state index contributed by atoms with van der Waals surface area (Å²) in [5, 5.41) is 0.862. The van der Waals surface area contributed by atoms with E-state index in [1.54, 1.807) is 16.4 Å². The molecular weight excluding hydrogens is 420 g/mol.